The number of thioether (sulfide) groups is 1. The second-order valence-corrected chi connectivity index (χ2v) is 9.26. The molecule has 1 amide bonds. The fourth-order valence-corrected chi connectivity index (χ4v) is 7.11. The lowest BCUT2D eigenvalue weighted by Crippen LogP contribution is -2.77. The van der Waals surface area contributed by atoms with Crippen LogP contribution < -0.4 is 9.80 Å². The van der Waals surface area contributed by atoms with Crippen molar-refractivity contribution in [2.75, 3.05) is 27.9 Å². The summed E-state index contributed by atoms with van der Waals surface area (Å²) in [7, 11) is 0. The minimum absolute atomic E-state index is 0.0494. The fraction of sp³-hybridized carbons (Fsp3) is 0.526. The summed E-state index contributed by atoms with van der Waals surface area (Å²) in [5, 5.41) is 7.57. The van der Waals surface area contributed by atoms with Crippen molar-refractivity contribution in [3.05, 3.63) is 36.2 Å². The molecule has 4 atom stereocenters. The van der Waals surface area contributed by atoms with Gasteiger partial charge in [0.1, 0.15) is 11.8 Å². The van der Waals surface area contributed by atoms with E-state index in [0.717, 1.165) is 24.3 Å². The third kappa shape index (κ3) is 2.38. The van der Waals surface area contributed by atoms with Crippen molar-refractivity contribution < 1.29 is 18.3 Å². The summed E-state index contributed by atoms with van der Waals surface area (Å²) in [6.07, 6.45) is 4.26. The Morgan fingerprint density at radius 1 is 1.28 bits per heavy atom. The van der Waals surface area contributed by atoms with Crippen molar-refractivity contribution in [1.29, 1.82) is 0 Å². The number of anilines is 2. The number of carbonyl (C=O) groups excluding carboxylic acids is 1. The van der Waals surface area contributed by atoms with Crippen molar-refractivity contribution in [2.24, 2.45) is 5.41 Å². The number of rotatable bonds is 4. The lowest BCUT2D eigenvalue weighted by Gasteiger charge is -2.68. The van der Waals surface area contributed by atoms with Crippen LogP contribution in [0.2, 0.25) is 0 Å². The summed E-state index contributed by atoms with van der Waals surface area (Å²) < 4.78 is 37.0. The molecule has 7 nitrogen and oxygen atoms in total. The van der Waals surface area contributed by atoms with Gasteiger partial charge in [-0.05, 0) is 12.8 Å². The monoisotopic (exact) mass is 419 g/mol. The third-order valence-corrected chi connectivity index (χ3v) is 8.13. The number of hydrogen-bond acceptors (Lipinski definition) is 6. The van der Waals surface area contributed by atoms with Crippen molar-refractivity contribution in [3.8, 4) is 0 Å². The first-order valence-corrected chi connectivity index (χ1v) is 10.9. The van der Waals surface area contributed by atoms with Gasteiger partial charge in [0.25, 0.3) is 0 Å². The largest absolute Gasteiger partial charge is 0.442 e. The van der Waals surface area contributed by atoms with Gasteiger partial charge in [-0.3, -0.25) is 4.90 Å². The summed E-state index contributed by atoms with van der Waals surface area (Å²) in [5.74, 6) is 0.766. The number of piperidine rings is 1. The zero-order valence-corrected chi connectivity index (χ0v) is 16.3. The van der Waals surface area contributed by atoms with Crippen LogP contribution in [0.1, 0.15) is 12.8 Å². The zero-order valence-electron chi connectivity index (χ0n) is 15.5. The van der Waals surface area contributed by atoms with Crippen LogP contribution in [0.25, 0.3) is 0 Å². The molecule has 4 heterocycles. The van der Waals surface area contributed by atoms with Crippen LogP contribution in [0, 0.1) is 17.0 Å². The van der Waals surface area contributed by atoms with E-state index in [1.54, 1.807) is 10.9 Å². The SMILES string of the molecule is O=C1O[C@@H](Cn2ccnn2)CN1c1cc(F)c(N2C3CCC34CSCC24)c(F)c1. The molecule has 1 aromatic carbocycles. The predicted octanol–water partition coefficient (Wildman–Crippen LogP) is 2.67. The highest BCUT2D eigenvalue weighted by atomic mass is 32.2. The van der Waals surface area contributed by atoms with Crippen LogP contribution in [0.4, 0.5) is 25.0 Å². The topological polar surface area (TPSA) is 63.5 Å². The van der Waals surface area contributed by atoms with Gasteiger partial charge >= 0.3 is 6.09 Å². The molecule has 2 aromatic rings. The maximum atomic E-state index is 15.1. The molecule has 0 N–H and O–H groups in total. The maximum Gasteiger partial charge on any atom is 0.414 e. The molecule has 1 saturated carbocycles. The lowest BCUT2D eigenvalue weighted by atomic mass is 9.53. The Kier molecular flexibility index (Phi) is 3.66. The van der Waals surface area contributed by atoms with Gasteiger partial charge in [0.2, 0.25) is 0 Å². The lowest BCUT2D eigenvalue weighted by molar-refractivity contribution is 0.00146. The molecule has 4 fully saturated rings. The van der Waals surface area contributed by atoms with Crippen LogP contribution in [-0.2, 0) is 11.3 Å². The summed E-state index contributed by atoms with van der Waals surface area (Å²) in [5.41, 5.74) is 0.486. The third-order valence-electron chi connectivity index (χ3n) is 6.84. The highest BCUT2D eigenvalue weighted by molar-refractivity contribution is 7.99. The number of cyclic esters (lactones) is 1. The number of hydrogen-bond donors (Lipinski definition) is 0. The first-order valence-electron chi connectivity index (χ1n) is 9.74. The number of benzene rings is 1. The maximum absolute atomic E-state index is 15.1. The molecular weight excluding hydrogens is 400 g/mol. The molecular formula is C19H19F2N5O2S. The Labute approximate surface area is 170 Å². The van der Waals surface area contributed by atoms with Crippen LogP contribution >= 0.6 is 11.8 Å². The molecule has 1 aliphatic carbocycles. The molecule has 10 heteroatoms. The Hall–Kier alpha value is -2.36. The van der Waals surface area contributed by atoms with E-state index in [9.17, 15) is 4.79 Å². The van der Waals surface area contributed by atoms with Crippen LogP contribution in [-0.4, -0.2) is 57.3 Å². The second kappa shape index (κ2) is 6.07. The molecule has 0 radical (unpaired) electrons. The molecule has 1 spiro atoms. The molecule has 1 aromatic heterocycles. The van der Waals surface area contributed by atoms with Crippen molar-refractivity contribution >= 4 is 29.2 Å². The number of aromatic nitrogens is 3. The van der Waals surface area contributed by atoms with Gasteiger partial charge in [-0.1, -0.05) is 5.21 Å². The molecule has 6 rings (SSSR count). The molecule has 3 saturated heterocycles. The standard InChI is InChI=1S/C19H19F2N5O2S/c20-13-5-11(25-8-12(28-18(25)27)7-24-4-3-22-23-24)6-14(21)17(13)26-15-1-2-19(15)10-29-9-16(19)26/h3-6,12,15-16H,1-2,7-10H2/t12-,15?,16?,19?/m0/s1. The number of nitrogens with zero attached hydrogens (tertiary/aromatic N) is 5. The van der Waals surface area contributed by atoms with Crippen LogP contribution in [0.15, 0.2) is 24.5 Å². The van der Waals surface area contributed by atoms with Crippen molar-refractivity contribution in [1.82, 2.24) is 15.0 Å². The van der Waals surface area contributed by atoms with E-state index in [0.29, 0.717) is 6.54 Å². The number of ether oxygens (including phenoxy) is 1. The van der Waals surface area contributed by atoms with Gasteiger partial charge in [0, 0.05) is 47.3 Å². The van der Waals surface area contributed by atoms with Gasteiger partial charge in [0.05, 0.1) is 25.0 Å². The Morgan fingerprint density at radius 3 is 2.79 bits per heavy atom. The molecule has 4 aliphatic rings. The first kappa shape index (κ1) is 17.5. The van der Waals surface area contributed by atoms with E-state index in [-0.39, 0.29) is 35.4 Å². The highest BCUT2D eigenvalue weighted by Gasteiger charge is 2.68. The van der Waals surface area contributed by atoms with Crippen molar-refractivity contribution in [3.63, 3.8) is 0 Å². The Morgan fingerprint density at radius 2 is 2.10 bits per heavy atom. The van der Waals surface area contributed by atoms with Crippen molar-refractivity contribution in [2.45, 2.75) is 37.6 Å². The zero-order chi connectivity index (χ0) is 19.8. The minimum atomic E-state index is -0.620. The average Bonchev–Trinajstić information content (AvgIpc) is 3.39. The van der Waals surface area contributed by atoms with Gasteiger partial charge in [-0.15, -0.1) is 5.10 Å². The van der Waals surface area contributed by atoms with E-state index in [2.05, 4.69) is 10.3 Å². The fourth-order valence-electron chi connectivity index (χ4n) is 5.36. The summed E-state index contributed by atoms with van der Waals surface area (Å²) in [6.45, 7) is 0.536. The van der Waals surface area contributed by atoms with E-state index in [4.69, 9.17) is 4.74 Å². The van der Waals surface area contributed by atoms with E-state index >= 15 is 8.78 Å². The molecule has 3 aliphatic heterocycles. The highest BCUT2D eigenvalue weighted by Crippen LogP contribution is 2.64. The van der Waals surface area contributed by atoms with Crippen LogP contribution in [0.3, 0.4) is 0 Å². The molecule has 29 heavy (non-hydrogen) atoms. The summed E-state index contributed by atoms with van der Waals surface area (Å²) in [6, 6.07) is 2.95. The first-order chi connectivity index (χ1) is 14.1. The van der Waals surface area contributed by atoms with E-state index in [1.807, 2.05) is 16.7 Å². The normalized spacial score (nSPS) is 32.5. The second-order valence-electron chi connectivity index (χ2n) is 8.23. The molecule has 0 bridgehead atoms. The molecule has 3 unspecified atom stereocenters. The summed E-state index contributed by atoms with van der Waals surface area (Å²) in [4.78, 5) is 15.5. The number of halogens is 2. The van der Waals surface area contributed by atoms with Gasteiger partial charge in [-0.2, -0.15) is 11.8 Å². The number of amides is 1. The van der Waals surface area contributed by atoms with Crippen LogP contribution in [0.5, 0.6) is 0 Å². The Balaban J connectivity index is 1.25. The van der Waals surface area contributed by atoms with E-state index in [1.165, 1.54) is 23.2 Å². The van der Waals surface area contributed by atoms with Gasteiger partial charge in [-0.25, -0.2) is 18.3 Å². The minimum Gasteiger partial charge on any atom is -0.442 e. The van der Waals surface area contributed by atoms with Gasteiger partial charge < -0.3 is 9.64 Å². The average molecular weight is 419 g/mol. The van der Waals surface area contributed by atoms with E-state index < -0.39 is 23.8 Å². The molecule has 152 valence electrons. The van der Waals surface area contributed by atoms with Gasteiger partial charge in [0.15, 0.2) is 11.6 Å². The Bertz CT molecular complexity index is 966. The quantitative estimate of drug-likeness (QED) is 0.759. The smallest absolute Gasteiger partial charge is 0.414 e. The summed E-state index contributed by atoms with van der Waals surface area (Å²) >= 11 is 1.87. The number of carbonyl (C=O) groups is 1. The predicted molar refractivity (Wildman–Crippen MR) is 103 cm³/mol.